The molecule has 0 spiro atoms. The third-order valence-corrected chi connectivity index (χ3v) is 4.19. The third-order valence-electron chi connectivity index (χ3n) is 3.84. The Morgan fingerprint density at radius 2 is 2.00 bits per heavy atom. The summed E-state index contributed by atoms with van der Waals surface area (Å²) in [5.41, 5.74) is 1.43. The standard InChI is InChI=1S/C19H22ClF3N4O2/c1-24-18(26-9-7-13-5-6-15(28-2)10-16(13)20)27-11-14-4-3-8-25-17(14)29-12-19(21,22)23/h3-6,8,10H,7,9,11-12H2,1-2H3,(H2,24,26,27). The van der Waals surface area contributed by atoms with E-state index in [1.807, 2.05) is 12.1 Å². The van der Waals surface area contributed by atoms with Crippen molar-refractivity contribution in [2.24, 2.45) is 4.99 Å². The first-order chi connectivity index (χ1) is 13.8. The molecule has 0 aliphatic rings. The quantitative estimate of drug-likeness (QED) is 0.495. The second kappa shape index (κ2) is 10.8. The SMILES string of the molecule is CN=C(NCCc1ccc(OC)cc1Cl)NCc1cccnc1OCC(F)(F)F. The van der Waals surface area contributed by atoms with E-state index < -0.39 is 12.8 Å². The lowest BCUT2D eigenvalue weighted by Gasteiger charge is -2.15. The number of alkyl halides is 3. The third kappa shape index (κ3) is 7.69. The highest BCUT2D eigenvalue weighted by molar-refractivity contribution is 6.31. The predicted molar refractivity (Wildman–Crippen MR) is 106 cm³/mol. The van der Waals surface area contributed by atoms with Crippen LogP contribution in [0.1, 0.15) is 11.1 Å². The summed E-state index contributed by atoms with van der Waals surface area (Å²) >= 11 is 6.22. The van der Waals surface area contributed by atoms with Gasteiger partial charge in [0.25, 0.3) is 0 Å². The summed E-state index contributed by atoms with van der Waals surface area (Å²) in [4.78, 5) is 7.96. The summed E-state index contributed by atoms with van der Waals surface area (Å²) < 4.78 is 47.0. The topological polar surface area (TPSA) is 67.8 Å². The van der Waals surface area contributed by atoms with Gasteiger partial charge in [0.15, 0.2) is 12.6 Å². The van der Waals surface area contributed by atoms with Crippen molar-refractivity contribution in [3.8, 4) is 11.6 Å². The van der Waals surface area contributed by atoms with Gasteiger partial charge < -0.3 is 20.1 Å². The Balaban J connectivity index is 1.87. The average molecular weight is 431 g/mol. The average Bonchev–Trinajstić information content (AvgIpc) is 2.70. The van der Waals surface area contributed by atoms with Crippen LogP contribution < -0.4 is 20.1 Å². The summed E-state index contributed by atoms with van der Waals surface area (Å²) in [6.45, 7) is -0.646. The molecule has 0 fully saturated rings. The number of nitrogens with one attached hydrogen (secondary N) is 2. The monoisotopic (exact) mass is 430 g/mol. The second-order valence-corrected chi connectivity index (χ2v) is 6.34. The van der Waals surface area contributed by atoms with Crippen molar-refractivity contribution in [1.29, 1.82) is 0 Å². The first-order valence-corrected chi connectivity index (χ1v) is 9.10. The Labute approximate surface area is 172 Å². The van der Waals surface area contributed by atoms with E-state index in [9.17, 15) is 13.2 Å². The van der Waals surface area contributed by atoms with Crippen LogP contribution in [-0.2, 0) is 13.0 Å². The zero-order valence-corrected chi connectivity index (χ0v) is 16.8. The number of aliphatic imine (C=N–C) groups is 1. The van der Waals surface area contributed by atoms with Crippen molar-refractivity contribution in [3.05, 3.63) is 52.7 Å². The number of halogens is 4. The van der Waals surface area contributed by atoms with Gasteiger partial charge in [0.1, 0.15) is 5.75 Å². The molecule has 1 heterocycles. The van der Waals surface area contributed by atoms with Crippen LogP contribution in [0.2, 0.25) is 5.02 Å². The van der Waals surface area contributed by atoms with E-state index in [0.717, 1.165) is 5.56 Å². The minimum atomic E-state index is -4.43. The van der Waals surface area contributed by atoms with Gasteiger partial charge in [-0.2, -0.15) is 13.2 Å². The lowest BCUT2D eigenvalue weighted by Crippen LogP contribution is -2.38. The van der Waals surface area contributed by atoms with Crippen LogP contribution in [0.15, 0.2) is 41.5 Å². The van der Waals surface area contributed by atoms with E-state index in [1.165, 1.54) is 6.20 Å². The van der Waals surface area contributed by atoms with E-state index in [0.29, 0.717) is 35.3 Å². The van der Waals surface area contributed by atoms with Gasteiger partial charge in [-0.05, 0) is 30.2 Å². The van der Waals surface area contributed by atoms with Gasteiger partial charge in [0.2, 0.25) is 5.88 Å². The van der Waals surface area contributed by atoms with Gasteiger partial charge in [-0.3, -0.25) is 4.99 Å². The Bertz CT molecular complexity index is 831. The molecule has 0 aliphatic carbocycles. The van der Waals surface area contributed by atoms with Crippen LogP contribution in [0.25, 0.3) is 0 Å². The van der Waals surface area contributed by atoms with Crippen molar-refractivity contribution >= 4 is 17.6 Å². The molecule has 0 saturated heterocycles. The lowest BCUT2D eigenvalue weighted by atomic mass is 10.1. The van der Waals surface area contributed by atoms with Crippen molar-refractivity contribution in [2.45, 2.75) is 19.1 Å². The van der Waals surface area contributed by atoms with Crippen molar-refractivity contribution < 1.29 is 22.6 Å². The molecule has 2 N–H and O–H groups in total. The molecule has 0 amide bonds. The van der Waals surface area contributed by atoms with E-state index >= 15 is 0 Å². The maximum Gasteiger partial charge on any atom is 0.422 e. The van der Waals surface area contributed by atoms with Crippen molar-refractivity contribution in [3.63, 3.8) is 0 Å². The Morgan fingerprint density at radius 1 is 1.21 bits per heavy atom. The number of aromatic nitrogens is 1. The number of guanidine groups is 1. The van der Waals surface area contributed by atoms with Gasteiger partial charge in [-0.15, -0.1) is 0 Å². The van der Waals surface area contributed by atoms with Crippen LogP contribution >= 0.6 is 11.6 Å². The van der Waals surface area contributed by atoms with Crippen molar-refractivity contribution in [1.82, 2.24) is 15.6 Å². The summed E-state index contributed by atoms with van der Waals surface area (Å²) in [7, 11) is 3.17. The molecule has 1 aromatic heterocycles. The summed E-state index contributed by atoms with van der Waals surface area (Å²) in [6, 6.07) is 8.72. The number of hydrogen-bond donors (Lipinski definition) is 2. The molecule has 2 rings (SSSR count). The zero-order valence-electron chi connectivity index (χ0n) is 16.0. The number of hydrogen-bond acceptors (Lipinski definition) is 4. The molecule has 6 nitrogen and oxygen atoms in total. The molecular formula is C19H22ClF3N4O2. The number of pyridine rings is 1. The van der Waals surface area contributed by atoms with Gasteiger partial charge in [0.05, 0.1) is 7.11 Å². The summed E-state index contributed by atoms with van der Waals surface area (Å²) in [6.07, 6.45) is -2.40. The minimum absolute atomic E-state index is 0.0715. The maximum absolute atomic E-state index is 12.4. The van der Waals surface area contributed by atoms with E-state index in [1.54, 1.807) is 32.4 Å². The molecule has 158 valence electrons. The molecule has 2 aromatic rings. The molecule has 10 heteroatoms. The van der Waals surface area contributed by atoms with Gasteiger partial charge in [-0.1, -0.05) is 23.7 Å². The van der Waals surface area contributed by atoms with Gasteiger partial charge in [-0.25, -0.2) is 4.98 Å². The fraction of sp³-hybridized carbons (Fsp3) is 0.368. The van der Waals surface area contributed by atoms with Gasteiger partial charge >= 0.3 is 6.18 Å². The Kier molecular flexibility index (Phi) is 8.38. The van der Waals surface area contributed by atoms with E-state index in [4.69, 9.17) is 21.1 Å². The normalized spacial score (nSPS) is 11.9. The second-order valence-electron chi connectivity index (χ2n) is 5.93. The van der Waals surface area contributed by atoms with E-state index in [2.05, 4.69) is 20.6 Å². The highest BCUT2D eigenvalue weighted by atomic mass is 35.5. The number of rotatable bonds is 8. The molecule has 29 heavy (non-hydrogen) atoms. The molecular weight excluding hydrogens is 409 g/mol. The van der Waals surface area contributed by atoms with Crippen LogP contribution in [0.3, 0.4) is 0 Å². The molecule has 0 radical (unpaired) electrons. The smallest absolute Gasteiger partial charge is 0.422 e. The fourth-order valence-corrected chi connectivity index (χ4v) is 2.68. The summed E-state index contributed by atoms with van der Waals surface area (Å²) in [5, 5.41) is 6.76. The van der Waals surface area contributed by atoms with Crippen molar-refractivity contribution in [2.75, 3.05) is 27.3 Å². The van der Waals surface area contributed by atoms with Crippen LogP contribution in [-0.4, -0.2) is 44.4 Å². The van der Waals surface area contributed by atoms with Crippen LogP contribution in [0, 0.1) is 0 Å². The number of methoxy groups -OCH3 is 1. The molecule has 0 bridgehead atoms. The largest absolute Gasteiger partial charge is 0.497 e. The molecule has 0 unspecified atom stereocenters. The lowest BCUT2D eigenvalue weighted by molar-refractivity contribution is -0.154. The highest BCUT2D eigenvalue weighted by Gasteiger charge is 2.29. The Hall–Kier alpha value is -2.68. The number of ether oxygens (including phenoxy) is 2. The van der Waals surface area contributed by atoms with E-state index in [-0.39, 0.29) is 12.4 Å². The summed E-state index contributed by atoms with van der Waals surface area (Å²) in [5.74, 6) is 1.10. The molecule has 0 atom stereocenters. The zero-order chi connectivity index (χ0) is 21.3. The first kappa shape index (κ1) is 22.6. The highest BCUT2D eigenvalue weighted by Crippen LogP contribution is 2.22. The minimum Gasteiger partial charge on any atom is -0.497 e. The molecule has 0 saturated carbocycles. The molecule has 1 aromatic carbocycles. The maximum atomic E-state index is 12.4. The van der Waals surface area contributed by atoms with Crippen LogP contribution in [0.4, 0.5) is 13.2 Å². The Morgan fingerprint density at radius 3 is 2.66 bits per heavy atom. The molecule has 0 aliphatic heterocycles. The predicted octanol–water partition coefficient (Wildman–Crippen LogP) is 3.59. The number of benzene rings is 1. The van der Waals surface area contributed by atoms with Crippen LogP contribution in [0.5, 0.6) is 11.6 Å². The van der Waals surface area contributed by atoms with Gasteiger partial charge in [0, 0.05) is 36.9 Å². The fourth-order valence-electron chi connectivity index (χ4n) is 2.41. The first-order valence-electron chi connectivity index (χ1n) is 8.72. The number of nitrogens with zero attached hydrogens (tertiary/aromatic N) is 2.